The van der Waals surface area contributed by atoms with Gasteiger partial charge in [0.1, 0.15) is 11.5 Å². The topological polar surface area (TPSA) is 54.9 Å². The zero-order valence-electron chi connectivity index (χ0n) is 15.9. The average molecular weight is 385 g/mol. The highest BCUT2D eigenvalue weighted by Crippen LogP contribution is 2.32. The molecular formula is C20H23N3O3S. The highest BCUT2D eigenvalue weighted by molar-refractivity contribution is 7.22. The Hall–Kier alpha value is -2.64. The Morgan fingerprint density at radius 3 is 2.48 bits per heavy atom. The van der Waals surface area contributed by atoms with Crippen LogP contribution in [0.1, 0.15) is 10.4 Å². The lowest BCUT2D eigenvalue weighted by Gasteiger charge is -2.22. The van der Waals surface area contributed by atoms with Crippen molar-refractivity contribution >= 4 is 32.6 Å². The van der Waals surface area contributed by atoms with Crippen LogP contribution in [0.3, 0.4) is 0 Å². The Kier molecular flexibility index (Phi) is 5.93. The number of fused-ring (bicyclic) bond motifs is 1. The predicted molar refractivity (Wildman–Crippen MR) is 109 cm³/mol. The zero-order chi connectivity index (χ0) is 19.4. The highest BCUT2D eigenvalue weighted by Gasteiger charge is 2.22. The molecule has 0 N–H and O–H groups in total. The van der Waals surface area contributed by atoms with Crippen LogP contribution in [-0.4, -0.2) is 57.2 Å². The molecule has 0 bridgehead atoms. The molecule has 0 atom stereocenters. The van der Waals surface area contributed by atoms with E-state index >= 15 is 0 Å². The molecule has 27 heavy (non-hydrogen) atoms. The van der Waals surface area contributed by atoms with Crippen LogP contribution < -0.4 is 14.4 Å². The smallest absolute Gasteiger partial charge is 0.260 e. The minimum Gasteiger partial charge on any atom is -0.497 e. The fourth-order valence-electron chi connectivity index (χ4n) is 2.63. The van der Waals surface area contributed by atoms with Crippen molar-refractivity contribution < 1.29 is 14.3 Å². The van der Waals surface area contributed by atoms with Crippen molar-refractivity contribution in [1.82, 2.24) is 9.88 Å². The lowest BCUT2D eigenvalue weighted by atomic mass is 10.2. The van der Waals surface area contributed by atoms with Gasteiger partial charge in [0, 0.05) is 18.7 Å². The summed E-state index contributed by atoms with van der Waals surface area (Å²) in [5.74, 6) is 1.33. The lowest BCUT2D eigenvalue weighted by Crippen LogP contribution is -2.36. The van der Waals surface area contributed by atoms with E-state index in [0.29, 0.717) is 23.0 Å². The third-order valence-electron chi connectivity index (χ3n) is 4.15. The molecule has 1 amide bonds. The maximum absolute atomic E-state index is 13.2. The van der Waals surface area contributed by atoms with Crippen molar-refractivity contribution in [1.29, 1.82) is 0 Å². The molecule has 142 valence electrons. The van der Waals surface area contributed by atoms with Gasteiger partial charge in [0.25, 0.3) is 5.91 Å². The molecule has 0 radical (unpaired) electrons. The number of carbonyl (C=O) groups is 1. The van der Waals surface area contributed by atoms with Gasteiger partial charge in [-0.25, -0.2) is 4.98 Å². The SMILES string of the molecule is COc1cccc(C(=O)N(CCN(C)C)c2nc3ccc(OC)cc3s2)c1. The van der Waals surface area contributed by atoms with Crippen LogP contribution in [0.4, 0.5) is 5.13 Å². The number of nitrogens with zero attached hydrogens (tertiary/aromatic N) is 3. The van der Waals surface area contributed by atoms with Crippen molar-refractivity contribution in [3.63, 3.8) is 0 Å². The van der Waals surface area contributed by atoms with Crippen LogP contribution in [0, 0.1) is 0 Å². The maximum Gasteiger partial charge on any atom is 0.260 e. The Balaban J connectivity index is 1.98. The minimum absolute atomic E-state index is 0.0956. The van der Waals surface area contributed by atoms with E-state index in [1.54, 1.807) is 31.3 Å². The summed E-state index contributed by atoms with van der Waals surface area (Å²) in [6.45, 7) is 1.27. The summed E-state index contributed by atoms with van der Waals surface area (Å²) in [5, 5.41) is 0.674. The second-order valence-electron chi connectivity index (χ2n) is 6.32. The van der Waals surface area contributed by atoms with Crippen LogP contribution in [0.2, 0.25) is 0 Å². The number of amides is 1. The van der Waals surface area contributed by atoms with E-state index in [2.05, 4.69) is 4.98 Å². The number of hydrogen-bond donors (Lipinski definition) is 0. The number of methoxy groups -OCH3 is 2. The molecule has 0 saturated carbocycles. The minimum atomic E-state index is -0.0956. The summed E-state index contributed by atoms with van der Waals surface area (Å²) in [6.07, 6.45) is 0. The first kappa shape index (κ1) is 19.1. The number of carbonyl (C=O) groups excluding carboxylic acids is 1. The lowest BCUT2D eigenvalue weighted by molar-refractivity contribution is 0.0985. The van der Waals surface area contributed by atoms with E-state index in [4.69, 9.17) is 9.47 Å². The maximum atomic E-state index is 13.2. The molecule has 0 aliphatic carbocycles. The van der Waals surface area contributed by atoms with Gasteiger partial charge in [-0.05, 0) is 50.5 Å². The monoisotopic (exact) mass is 385 g/mol. The first-order valence-electron chi connectivity index (χ1n) is 8.57. The molecule has 1 heterocycles. The molecule has 0 aliphatic heterocycles. The van der Waals surface area contributed by atoms with Crippen molar-refractivity contribution in [2.24, 2.45) is 0 Å². The average Bonchev–Trinajstić information content (AvgIpc) is 3.10. The number of hydrogen-bond acceptors (Lipinski definition) is 6. The second kappa shape index (κ2) is 8.37. The van der Waals surface area contributed by atoms with Crippen molar-refractivity contribution in [2.45, 2.75) is 0 Å². The Morgan fingerprint density at radius 2 is 1.78 bits per heavy atom. The van der Waals surface area contributed by atoms with Crippen LogP contribution in [0.15, 0.2) is 42.5 Å². The van der Waals surface area contributed by atoms with Gasteiger partial charge in [0.15, 0.2) is 5.13 Å². The molecule has 3 aromatic rings. The van der Waals surface area contributed by atoms with Gasteiger partial charge < -0.3 is 14.4 Å². The van der Waals surface area contributed by atoms with Crippen molar-refractivity contribution in [3.8, 4) is 11.5 Å². The predicted octanol–water partition coefficient (Wildman–Crippen LogP) is 3.52. The van der Waals surface area contributed by atoms with Gasteiger partial charge in [-0.3, -0.25) is 9.69 Å². The summed E-state index contributed by atoms with van der Waals surface area (Å²) < 4.78 is 11.5. The Morgan fingerprint density at radius 1 is 1.04 bits per heavy atom. The number of thiazole rings is 1. The van der Waals surface area contributed by atoms with E-state index in [1.165, 1.54) is 11.3 Å². The van der Waals surface area contributed by atoms with Gasteiger partial charge in [-0.1, -0.05) is 17.4 Å². The highest BCUT2D eigenvalue weighted by atomic mass is 32.1. The molecule has 7 heteroatoms. The van der Waals surface area contributed by atoms with Gasteiger partial charge in [-0.15, -0.1) is 0 Å². The summed E-state index contributed by atoms with van der Waals surface area (Å²) in [4.78, 5) is 21.7. The molecule has 0 saturated heterocycles. The van der Waals surface area contributed by atoms with E-state index in [0.717, 1.165) is 22.5 Å². The summed E-state index contributed by atoms with van der Waals surface area (Å²) in [6, 6.07) is 12.9. The van der Waals surface area contributed by atoms with E-state index in [9.17, 15) is 4.79 Å². The van der Waals surface area contributed by atoms with Gasteiger partial charge in [0.2, 0.25) is 0 Å². The first-order valence-corrected chi connectivity index (χ1v) is 9.38. The molecule has 3 rings (SSSR count). The standard InChI is InChI=1S/C20H23N3O3S/c1-22(2)10-11-23(19(24)14-6-5-7-15(12-14)25-3)20-21-17-9-8-16(26-4)13-18(17)27-20/h5-9,12-13H,10-11H2,1-4H3. The molecule has 1 aromatic heterocycles. The molecule has 0 aliphatic rings. The van der Waals surface area contributed by atoms with Crippen LogP contribution in [0.5, 0.6) is 11.5 Å². The number of benzene rings is 2. The number of ether oxygens (including phenoxy) is 2. The summed E-state index contributed by atoms with van der Waals surface area (Å²) in [5.41, 5.74) is 1.43. The Bertz CT molecular complexity index is 939. The number of anilines is 1. The quantitative estimate of drug-likeness (QED) is 0.623. The third kappa shape index (κ3) is 4.37. The van der Waals surface area contributed by atoms with Gasteiger partial charge in [-0.2, -0.15) is 0 Å². The summed E-state index contributed by atoms with van der Waals surface area (Å²) >= 11 is 1.48. The fourth-order valence-corrected chi connectivity index (χ4v) is 3.65. The van der Waals surface area contributed by atoms with Crippen molar-refractivity contribution in [2.75, 3.05) is 46.3 Å². The molecule has 2 aromatic carbocycles. The van der Waals surface area contributed by atoms with Crippen LogP contribution >= 0.6 is 11.3 Å². The molecule has 0 spiro atoms. The van der Waals surface area contributed by atoms with Crippen LogP contribution in [-0.2, 0) is 0 Å². The number of aromatic nitrogens is 1. The van der Waals surface area contributed by atoms with Gasteiger partial charge >= 0.3 is 0 Å². The van der Waals surface area contributed by atoms with Gasteiger partial charge in [0.05, 0.1) is 24.4 Å². The first-order chi connectivity index (χ1) is 13.0. The Labute approximate surface area is 162 Å². The van der Waals surface area contributed by atoms with E-state index in [-0.39, 0.29) is 5.91 Å². The molecular weight excluding hydrogens is 362 g/mol. The fraction of sp³-hybridized carbons (Fsp3) is 0.300. The molecule has 6 nitrogen and oxygen atoms in total. The molecule has 0 unspecified atom stereocenters. The van der Waals surface area contributed by atoms with E-state index in [1.807, 2.05) is 49.3 Å². The second-order valence-corrected chi connectivity index (χ2v) is 7.33. The normalized spacial score (nSPS) is 11.0. The number of rotatable bonds is 7. The molecule has 0 fully saturated rings. The summed E-state index contributed by atoms with van der Waals surface area (Å²) in [7, 11) is 7.20. The van der Waals surface area contributed by atoms with E-state index < -0.39 is 0 Å². The van der Waals surface area contributed by atoms with Crippen molar-refractivity contribution in [3.05, 3.63) is 48.0 Å². The third-order valence-corrected chi connectivity index (χ3v) is 5.19. The zero-order valence-corrected chi connectivity index (χ0v) is 16.7. The largest absolute Gasteiger partial charge is 0.497 e. The van der Waals surface area contributed by atoms with Crippen LogP contribution in [0.25, 0.3) is 10.2 Å². The number of likely N-dealkylation sites (N-methyl/N-ethyl adjacent to an activating group) is 1.